The summed E-state index contributed by atoms with van der Waals surface area (Å²) in [7, 11) is 0. The summed E-state index contributed by atoms with van der Waals surface area (Å²) in [5.74, 6) is 0.697. The Morgan fingerprint density at radius 3 is 2.57 bits per heavy atom. The van der Waals surface area contributed by atoms with Gasteiger partial charge in [0.25, 0.3) is 0 Å². The maximum absolute atomic E-state index is 5.92. The first-order valence-corrected chi connectivity index (χ1v) is 7.37. The number of anilines is 1. The fourth-order valence-electron chi connectivity index (χ4n) is 2.60. The van der Waals surface area contributed by atoms with Gasteiger partial charge in [0.2, 0.25) is 0 Å². The third kappa shape index (κ3) is 2.32. The number of aromatic nitrogens is 4. The molecule has 0 saturated heterocycles. The number of nitrogens with zero attached hydrogens (tertiary/aromatic N) is 4. The first-order valence-electron chi connectivity index (χ1n) is 7.37. The molecule has 23 heavy (non-hydrogen) atoms. The maximum Gasteiger partial charge on any atom is 0.185 e. The Morgan fingerprint density at radius 1 is 0.913 bits per heavy atom. The highest BCUT2D eigenvalue weighted by atomic mass is 15.4. The summed E-state index contributed by atoms with van der Waals surface area (Å²) >= 11 is 0. The molecule has 2 heterocycles. The molecule has 0 bridgehead atoms. The van der Waals surface area contributed by atoms with Crippen molar-refractivity contribution in [1.29, 1.82) is 0 Å². The molecule has 2 aromatic heterocycles. The standard InChI is InChI=1S/C18H15N5/c1-12-7-8-14(19)11-15(12)18-21-20-17-10-9-16(22-23(17)18)13-5-3-2-4-6-13/h2-11H,19H2,1H3. The fourth-order valence-corrected chi connectivity index (χ4v) is 2.60. The third-order valence-electron chi connectivity index (χ3n) is 3.83. The van der Waals surface area contributed by atoms with Crippen molar-refractivity contribution in [2.75, 3.05) is 5.73 Å². The van der Waals surface area contributed by atoms with Crippen LogP contribution in [0.3, 0.4) is 0 Å². The van der Waals surface area contributed by atoms with Crippen molar-refractivity contribution in [2.24, 2.45) is 0 Å². The third-order valence-corrected chi connectivity index (χ3v) is 3.83. The first-order chi connectivity index (χ1) is 11.2. The minimum atomic E-state index is 0.696. The smallest absolute Gasteiger partial charge is 0.185 e. The van der Waals surface area contributed by atoms with E-state index >= 15 is 0 Å². The lowest BCUT2D eigenvalue weighted by atomic mass is 10.1. The summed E-state index contributed by atoms with van der Waals surface area (Å²) in [6.45, 7) is 2.02. The van der Waals surface area contributed by atoms with Gasteiger partial charge in [0.1, 0.15) is 0 Å². The molecule has 0 fully saturated rings. The average molecular weight is 301 g/mol. The van der Waals surface area contributed by atoms with Gasteiger partial charge in [-0.3, -0.25) is 0 Å². The molecular formula is C18H15N5. The molecule has 0 spiro atoms. The molecule has 0 aliphatic rings. The topological polar surface area (TPSA) is 69.1 Å². The van der Waals surface area contributed by atoms with Crippen LogP contribution in [0.15, 0.2) is 60.7 Å². The molecule has 2 N–H and O–H groups in total. The van der Waals surface area contributed by atoms with Gasteiger partial charge in [0.15, 0.2) is 11.5 Å². The van der Waals surface area contributed by atoms with E-state index in [0.29, 0.717) is 17.2 Å². The lowest BCUT2D eigenvalue weighted by Crippen LogP contribution is -1.99. The highest BCUT2D eigenvalue weighted by Gasteiger charge is 2.13. The number of rotatable bonds is 2. The Labute approximate surface area is 133 Å². The second-order valence-corrected chi connectivity index (χ2v) is 5.45. The Morgan fingerprint density at radius 2 is 1.74 bits per heavy atom. The van der Waals surface area contributed by atoms with Crippen LogP contribution >= 0.6 is 0 Å². The van der Waals surface area contributed by atoms with E-state index < -0.39 is 0 Å². The predicted octanol–water partition coefficient (Wildman–Crippen LogP) is 3.35. The van der Waals surface area contributed by atoms with Crippen LogP contribution in [0.2, 0.25) is 0 Å². The predicted molar refractivity (Wildman–Crippen MR) is 90.8 cm³/mol. The van der Waals surface area contributed by atoms with Crippen LogP contribution in [0.25, 0.3) is 28.3 Å². The van der Waals surface area contributed by atoms with Gasteiger partial charge in [0.05, 0.1) is 5.69 Å². The minimum absolute atomic E-state index is 0.696. The molecule has 112 valence electrons. The van der Waals surface area contributed by atoms with E-state index in [9.17, 15) is 0 Å². The van der Waals surface area contributed by atoms with E-state index in [1.54, 1.807) is 4.52 Å². The molecule has 2 aromatic carbocycles. The second-order valence-electron chi connectivity index (χ2n) is 5.45. The number of aryl methyl sites for hydroxylation is 1. The van der Waals surface area contributed by atoms with E-state index in [2.05, 4.69) is 10.2 Å². The van der Waals surface area contributed by atoms with Crippen molar-refractivity contribution in [3.63, 3.8) is 0 Å². The number of fused-ring (bicyclic) bond motifs is 1. The van der Waals surface area contributed by atoms with E-state index in [4.69, 9.17) is 10.8 Å². The van der Waals surface area contributed by atoms with Crippen molar-refractivity contribution in [2.45, 2.75) is 6.92 Å². The van der Waals surface area contributed by atoms with Gasteiger partial charge in [0, 0.05) is 16.8 Å². The van der Waals surface area contributed by atoms with Gasteiger partial charge < -0.3 is 5.73 Å². The van der Waals surface area contributed by atoms with Crippen LogP contribution in [0, 0.1) is 6.92 Å². The molecule has 0 aliphatic carbocycles. The minimum Gasteiger partial charge on any atom is -0.399 e. The highest BCUT2D eigenvalue weighted by Crippen LogP contribution is 2.25. The van der Waals surface area contributed by atoms with Gasteiger partial charge in [-0.15, -0.1) is 10.2 Å². The Kier molecular flexibility index (Phi) is 3.05. The fraction of sp³-hybridized carbons (Fsp3) is 0.0556. The number of nitrogens with two attached hydrogens (primary N) is 1. The molecule has 0 aliphatic heterocycles. The van der Waals surface area contributed by atoms with Crippen LogP contribution < -0.4 is 5.73 Å². The summed E-state index contributed by atoms with van der Waals surface area (Å²) < 4.78 is 1.77. The average Bonchev–Trinajstić information content (AvgIpc) is 3.01. The van der Waals surface area contributed by atoms with Crippen LogP contribution in [0.1, 0.15) is 5.56 Å². The lowest BCUT2D eigenvalue weighted by molar-refractivity contribution is 0.940. The quantitative estimate of drug-likeness (QED) is 0.576. The molecular weight excluding hydrogens is 286 g/mol. The molecule has 0 unspecified atom stereocenters. The summed E-state index contributed by atoms with van der Waals surface area (Å²) in [4.78, 5) is 0. The number of hydrogen-bond donors (Lipinski definition) is 1. The Bertz CT molecular complexity index is 989. The van der Waals surface area contributed by atoms with E-state index in [1.807, 2.05) is 67.6 Å². The Hall–Kier alpha value is -3.21. The molecule has 0 atom stereocenters. The van der Waals surface area contributed by atoms with E-state index in [0.717, 1.165) is 22.4 Å². The maximum atomic E-state index is 5.92. The SMILES string of the molecule is Cc1ccc(N)cc1-c1nnc2ccc(-c3ccccc3)nn12. The Balaban J connectivity index is 1.93. The van der Waals surface area contributed by atoms with E-state index in [1.165, 1.54) is 0 Å². The highest BCUT2D eigenvalue weighted by molar-refractivity contribution is 5.68. The van der Waals surface area contributed by atoms with Crippen molar-refractivity contribution in [1.82, 2.24) is 19.8 Å². The molecule has 4 aromatic rings. The lowest BCUT2D eigenvalue weighted by Gasteiger charge is -2.06. The molecule has 5 heteroatoms. The first kappa shape index (κ1) is 13.5. The van der Waals surface area contributed by atoms with Crippen LogP contribution in [-0.2, 0) is 0 Å². The molecule has 4 rings (SSSR count). The van der Waals surface area contributed by atoms with Crippen LogP contribution in [0.5, 0.6) is 0 Å². The zero-order chi connectivity index (χ0) is 15.8. The largest absolute Gasteiger partial charge is 0.399 e. The van der Waals surface area contributed by atoms with Crippen molar-refractivity contribution in [3.8, 4) is 22.6 Å². The summed E-state index contributed by atoms with van der Waals surface area (Å²) in [5.41, 5.74) is 11.3. The van der Waals surface area contributed by atoms with Crippen LogP contribution in [-0.4, -0.2) is 19.8 Å². The van der Waals surface area contributed by atoms with Crippen molar-refractivity contribution >= 4 is 11.3 Å². The summed E-state index contributed by atoms with van der Waals surface area (Å²) in [6, 6.07) is 19.7. The van der Waals surface area contributed by atoms with Crippen LogP contribution in [0.4, 0.5) is 5.69 Å². The van der Waals surface area contributed by atoms with Gasteiger partial charge in [-0.1, -0.05) is 36.4 Å². The van der Waals surface area contributed by atoms with Crippen molar-refractivity contribution < 1.29 is 0 Å². The monoisotopic (exact) mass is 301 g/mol. The molecule has 0 radical (unpaired) electrons. The van der Waals surface area contributed by atoms with E-state index in [-0.39, 0.29) is 0 Å². The van der Waals surface area contributed by atoms with Gasteiger partial charge >= 0.3 is 0 Å². The summed E-state index contributed by atoms with van der Waals surface area (Å²) in [5, 5.41) is 13.2. The van der Waals surface area contributed by atoms with Crippen molar-refractivity contribution in [3.05, 3.63) is 66.2 Å². The zero-order valence-electron chi connectivity index (χ0n) is 12.6. The summed E-state index contributed by atoms with van der Waals surface area (Å²) in [6.07, 6.45) is 0. The molecule has 5 nitrogen and oxygen atoms in total. The van der Waals surface area contributed by atoms with Gasteiger partial charge in [-0.05, 0) is 36.8 Å². The number of nitrogen functional groups attached to an aromatic ring is 1. The number of benzene rings is 2. The molecule has 0 saturated carbocycles. The second kappa shape index (κ2) is 5.21. The van der Waals surface area contributed by atoms with Gasteiger partial charge in [-0.25, -0.2) is 0 Å². The molecule has 0 amide bonds. The normalized spacial score (nSPS) is 11.0. The number of hydrogen-bond acceptors (Lipinski definition) is 4. The zero-order valence-corrected chi connectivity index (χ0v) is 12.6. The van der Waals surface area contributed by atoms with Gasteiger partial charge in [-0.2, -0.15) is 9.61 Å².